The van der Waals surface area contributed by atoms with E-state index in [4.69, 9.17) is 0 Å². The molecule has 1 saturated carbocycles. The van der Waals surface area contributed by atoms with E-state index in [0.717, 1.165) is 19.3 Å². The molecule has 2 nitrogen and oxygen atoms in total. The first kappa shape index (κ1) is 8.97. The zero-order valence-electron chi connectivity index (χ0n) is 6.59. The minimum Gasteiger partial charge on any atom is -0.195 e. The molecule has 0 aromatic heterocycles. The summed E-state index contributed by atoms with van der Waals surface area (Å²) in [4.78, 5) is 0. The number of rotatable bonds is 3. The van der Waals surface area contributed by atoms with Crippen LogP contribution < -0.4 is 0 Å². The van der Waals surface area contributed by atoms with E-state index in [1.165, 1.54) is 0 Å². The van der Waals surface area contributed by atoms with Gasteiger partial charge in [-0.2, -0.15) is 8.42 Å². The van der Waals surface area contributed by atoms with Crippen LogP contribution in [0.3, 0.4) is 0 Å². The van der Waals surface area contributed by atoms with E-state index in [1.54, 1.807) is 6.92 Å². The Kier molecular flexibility index (Phi) is 2.52. The van der Waals surface area contributed by atoms with Gasteiger partial charge < -0.3 is 0 Å². The maximum absolute atomic E-state index is 12.5. The van der Waals surface area contributed by atoms with Gasteiger partial charge >= 0.3 is 10.2 Å². The van der Waals surface area contributed by atoms with Crippen molar-refractivity contribution in [2.75, 3.05) is 0 Å². The van der Waals surface area contributed by atoms with Crippen LogP contribution in [-0.4, -0.2) is 13.7 Å². The largest absolute Gasteiger partial charge is 0.305 e. The molecule has 0 aromatic rings. The van der Waals surface area contributed by atoms with Gasteiger partial charge in [0.05, 0.1) is 5.25 Å². The summed E-state index contributed by atoms with van der Waals surface area (Å²) in [6.45, 7) is 1.72. The van der Waals surface area contributed by atoms with Crippen LogP contribution in [0, 0.1) is 5.92 Å². The van der Waals surface area contributed by atoms with Gasteiger partial charge in [0.25, 0.3) is 0 Å². The highest BCUT2D eigenvalue weighted by molar-refractivity contribution is 7.87. The molecule has 1 fully saturated rings. The van der Waals surface area contributed by atoms with Crippen molar-refractivity contribution in [2.45, 2.75) is 37.9 Å². The zero-order valence-corrected chi connectivity index (χ0v) is 7.40. The summed E-state index contributed by atoms with van der Waals surface area (Å²) in [7, 11) is -4.28. The highest BCUT2D eigenvalue weighted by Gasteiger charge is 2.35. The fourth-order valence-corrected chi connectivity index (χ4v) is 2.70. The maximum atomic E-state index is 12.5. The van der Waals surface area contributed by atoms with E-state index in [1.807, 2.05) is 0 Å². The third-order valence-electron chi connectivity index (χ3n) is 2.44. The van der Waals surface area contributed by atoms with E-state index in [2.05, 4.69) is 0 Å². The molecule has 1 unspecified atom stereocenters. The van der Waals surface area contributed by atoms with Crippen LogP contribution in [0.5, 0.6) is 0 Å². The smallest absolute Gasteiger partial charge is 0.195 e. The topological polar surface area (TPSA) is 34.1 Å². The highest BCUT2D eigenvalue weighted by atomic mass is 32.3. The van der Waals surface area contributed by atoms with Crippen LogP contribution in [0.15, 0.2) is 0 Å². The minimum atomic E-state index is -4.28. The number of halogens is 1. The summed E-state index contributed by atoms with van der Waals surface area (Å²) in [5.74, 6) is 0.0926. The van der Waals surface area contributed by atoms with Crippen molar-refractivity contribution in [1.82, 2.24) is 0 Å². The summed E-state index contributed by atoms with van der Waals surface area (Å²) >= 11 is 0. The third-order valence-corrected chi connectivity index (χ3v) is 3.88. The fourth-order valence-electron chi connectivity index (χ4n) is 1.57. The van der Waals surface area contributed by atoms with E-state index in [-0.39, 0.29) is 5.92 Å². The lowest BCUT2D eigenvalue weighted by atomic mass is 9.82. The van der Waals surface area contributed by atoms with Gasteiger partial charge in [0.2, 0.25) is 0 Å². The van der Waals surface area contributed by atoms with Crippen molar-refractivity contribution in [3.8, 4) is 0 Å². The predicted molar refractivity (Wildman–Crippen MR) is 41.4 cm³/mol. The first-order valence-electron chi connectivity index (χ1n) is 3.99. The number of hydrogen-bond acceptors (Lipinski definition) is 2. The second kappa shape index (κ2) is 3.09. The fraction of sp³-hybridized carbons (Fsp3) is 1.00. The minimum absolute atomic E-state index is 0.0926. The predicted octanol–water partition coefficient (Wildman–Crippen LogP) is 1.86. The summed E-state index contributed by atoms with van der Waals surface area (Å²) in [5, 5.41) is -0.726. The first-order valence-corrected chi connectivity index (χ1v) is 5.44. The lowest BCUT2D eigenvalue weighted by Crippen LogP contribution is -2.31. The average Bonchev–Trinajstić information content (AvgIpc) is 1.74. The Hall–Kier alpha value is -0.120. The number of hydrogen-bond donors (Lipinski definition) is 0. The van der Waals surface area contributed by atoms with Gasteiger partial charge in [-0.25, -0.2) is 0 Å². The molecule has 1 aliphatic carbocycles. The summed E-state index contributed by atoms with van der Waals surface area (Å²) in [6, 6.07) is 0. The van der Waals surface area contributed by atoms with Crippen molar-refractivity contribution in [2.24, 2.45) is 5.92 Å². The Labute approximate surface area is 67.0 Å². The van der Waals surface area contributed by atoms with Crippen LogP contribution in [-0.2, 0) is 10.2 Å². The molecule has 1 aliphatic rings. The quantitative estimate of drug-likeness (QED) is 0.621. The van der Waals surface area contributed by atoms with Gasteiger partial charge in [-0.05, 0) is 25.2 Å². The summed E-state index contributed by atoms with van der Waals surface area (Å²) < 4.78 is 33.6. The van der Waals surface area contributed by atoms with Gasteiger partial charge in [0.15, 0.2) is 0 Å². The molecule has 0 bridgehead atoms. The molecular weight excluding hydrogens is 167 g/mol. The van der Waals surface area contributed by atoms with E-state index in [9.17, 15) is 12.3 Å². The maximum Gasteiger partial charge on any atom is 0.305 e. The Morgan fingerprint density at radius 1 is 1.55 bits per heavy atom. The van der Waals surface area contributed by atoms with E-state index in [0.29, 0.717) is 6.42 Å². The van der Waals surface area contributed by atoms with Crippen LogP contribution in [0.4, 0.5) is 3.89 Å². The van der Waals surface area contributed by atoms with Gasteiger partial charge in [0, 0.05) is 0 Å². The Bertz CT molecular complexity index is 219. The molecule has 0 saturated heterocycles. The van der Waals surface area contributed by atoms with E-state index < -0.39 is 15.5 Å². The van der Waals surface area contributed by atoms with Gasteiger partial charge in [0.1, 0.15) is 0 Å². The molecule has 11 heavy (non-hydrogen) atoms. The van der Waals surface area contributed by atoms with Crippen molar-refractivity contribution >= 4 is 10.2 Å². The van der Waals surface area contributed by atoms with Crippen molar-refractivity contribution in [3.63, 3.8) is 0 Å². The average molecular weight is 180 g/mol. The molecular formula is C7H13FO2S. The molecule has 4 heteroatoms. The molecule has 0 radical (unpaired) electrons. The van der Waals surface area contributed by atoms with Gasteiger partial charge in [-0.3, -0.25) is 0 Å². The Morgan fingerprint density at radius 2 is 2.09 bits per heavy atom. The molecule has 66 valence electrons. The van der Waals surface area contributed by atoms with Crippen LogP contribution in [0.25, 0.3) is 0 Å². The highest BCUT2D eigenvalue weighted by Crippen LogP contribution is 2.34. The second-order valence-electron chi connectivity index (χ2n) is 3.11. The van der Waals surface area contributed by atoms with E-state index >= 15 is 0 Å². The summed E-state index contributed by atoms with van der Waals surface area (Å²) in [6.07, 6.45) is 3.21. The van der Waals surface area contributed by atoms with Crippen molar-refractivity contribution in [3.05, 3.63) is 0 Å². The lowest BCUT2D eigenvalue weighted by molar-refractivity contribution is 0.290. The Morgan fingerprint density at radius 3 is 2.18 bits per heavy atom. The standard InChI is InChI=1S/C7H13FO2S/c1-2-7(11(8,9)10)6-4-3-5-6/h6-7H,2-5H2,1H3. The first-order chi connectivity index (χ1) is 5.05. The third kappa shape index (κ3) is 1.92. The molecule has 0 heterocycles. The molecule has 0 amide bonds. The Balaban J connectivity index is 2.63. The SMILES string of the molecule is CCC(C1CCC1)S(=O)(=O)F. The molecule has 0 aromatic carbocycles. The molecule has 0 N–H and O–H groups in total. The van der Waals surface area contributed by atoms with Gasteiger partial charge in [-0.1, -0.05) is 13.3 Å². The zero-order chi connectivity index (χ0) is 8.48. The van der Waals surface area contributed by atoms with Crippen molar-refractivity contribution < 1.29 is 12.3 Å². The normalized spacial score (nSPS) is 22.7. The lowest BCUT2D eigenvalue weighted by Gasteiger charge is -2.30. The molecule has 0 aliphatic heterocycles. The molecule has 1 atom stereocenters. The molecule has 0 spiro atoms. The molecule has 1 rings (SSSR count). The van der Waals surface area contributed by atoms with Crippen LogP contribution in [0.1, 0.15) is 32.6 Å². The van der Waals surface area contributed by atoms with Crippen LogP contribution >= 0.6 is 0 Å². The van der Waals surface area contributed by atoms with Gasteiger partial charge in [-0.15, -0.1) is 3.89 Å². The second-order valence-corrected chi connectivity index (χ2v) is 4.67. The monoisotopic (exact) mass is 180 g/mol. The summed E-state index contributed by atoms with van der Waals surface area (Å²) in [5.41, 5.74) is 0. The van der Waals surface area contributed by atoms with Crippen LogP contribution in [0.2, 0.25) is 0 Å². The van der Waals surface area contributed by atoms with Crippen molar-refractivity contribution in [1.29, 1.82) is 0 Å².